The predicted octanol–water partition coefficient (Wildman–Crippen LogP) is 4.27. The van der Waals surface area contributed by atoms with Crippen molar-refractivity contribution in [1.82, 2.24) is 5.43 Å². The largest absolute Gasteiger partial charge is 0.271 e. The van der Waals surface area contributed by atoms with Crippen LogP contribution in [0.5, 0.6) is 0 Å². The lowest BCUT2D eigenvalue weighted by atomic mass is 9.98. The predicted molar refractivity (Wildman–Crippen MR) is 79.2 cm³/mol. The van der Waals surface area contributed by atoms with E-state index >= 15 is 0 Å². The summed E-state index contributed by atoms with van der Waals surface area (Å²) in [6.45, 7) is 0. The fourth-order valence-corrected chi connectivity index (χ4v) is 2.65. The van der Waals surface area contributed by atoms with Crippen LogP contribution in [0.4, 0.5) is 13.2 Å². The van der Waals surface area contributed by atoms with Crippen molar-refractivity contribution >= 4 is 27.5 Å². The van der Waals surface area contributed by atoms with Crippen LogP contribution < -0.4 is 11.3 Å². The molecule has 2 aromatic carbocycles. The van der Waals surface area contributed by atoms with Gasteiger partial charge in [-0.2, -0.15) is 0 Å². The van der Waals surface area contributed by atoms with Gasteiger partial charge >= 0.3 is 0 Å². The lowest BCUT2D eigenvalue weighted by Gasteiger charge is -2.19. The first kappa shape index (κ1) is 16.3. The van der Waals surface area contributed by atoms with Gasteiger partial charge in [0.25, 0.3) is 0 Å². The van der Waals surface area contributed by atoms with E-state index in [2.05, 4.69) is 21.4 Å². The molecule has 0 bridgehead atoms. The van der Waals surface area contributed by atoms with Crippen LogP contribution >= 0.6 is 27.5 Å². The Labute approximate surface area is 133 Å². The highest BCUT2D eigenvalue weighted by Gasteiger charge is 2.21. The molecular formula is C14H11BrClF3N2. The molecule has 7 heteroatoms. The standard InChI is InChI=1S/C14H11BrClF3N2/c15-8-5-11(18)14(12(19)6-8)13(21-20)4-7-3-9(17)1-2-10(7)16/h1-3,5-6,13,21H,4,20H2. The summed E-state index contributed by atoms with van der Waals surface area (Å²) in [5.74, 6) is 3.40. The molecule has 0 aromatic heterocycles. The fraction of sp³-hybridized carbons (Fsp3) is 0.143. The highest BCUT2D eigenvalue weighted by Crippen LogP contribution is 2.29. The Balaban J connectivity index is 2.39. The molecule has 2 rings (SSSR count). The summed E-state index contributed by atoms with van der Waals surface area (Å²) in [4.78, 5) is 0. The highest BCUT2D eigenvalue weighted by atomic mass is 79.9. The highest BCUT2D eigenvalue weighted by molar-refractivity contribution is 9.10. The summed E-state index contributed by atoms with van der Waals surface area (Å²) in [5.41, 5.74) is 2.52. The van der Waals surface area contributed by atoms with E-state index in [1.807, 2.05) is 0 Å². The molecule has 0 saturated carbocycles. The molecule has 0 aliphatic carbocycles. The SMILES string of the molecule is NNC(Cc1cc(F)ccc1Cl)c1c(F)cc(Br)cc1F. The molecule has 2 aromatic rings. The van der Waals surface area contributed by atoms with E-state index in [0.717, 1.165) is 12.1 Å². The molecule has 21 heavy (non-hydrogen) atoms. The Bertz CT molecular complexity index is 644. The van der Waals surface area contributed by atoms with Gasteiger partial charge in [-0.1, -0.05) is 27.5 Å². The Kier molecular flexibility index (Phi) is 5.27. The van der Waals surface area contributed by atoms with E-state index in [1.165, 1.54) is 18.2 Å². The van der Waals surface area contributed by atoms with Crippen LogP contribution in [0.3, 0.4) is 0 Å². The van der Waals surface area contributed by atoms with Gasteiger partial charge in [-0.15, -0.1) is 0 Å². The third kappa shape index (κ3) is 3.77. The number of nitrogens with two attached hydrogens (primary N) is 1. The minimum Gasteiger partial charge on any atom is -0.271 e. The maximum absolute atomic E-state index is 14.0. The van der Waals surface area contributed by atoms with Gasteiger partial charge in [0.05, 0.1) is 6.04 Å². The topological polar surface area (TPSA) is 38.0 Å². The van der Waals surface area contributed by atoms with E-state index in [1.54, 1.807) is 0 Å². The van der Waals surface area contributed by atoms with E-state index in [9.17, 15) is 13.2 Å². The zero-order valence-corrected chi connectivity index (χ0v) is 13.0. The Hall–Kier alpha value is -1.08. The van der Waals surface area contributed by atoms with Gasteiger partial charge in [-0.05, 0) is 42.3 Å². The summed E-state index contributed by atoms with van der Waals surface area (Å²) in [6.07, 6.45) is 0.0442. The molecule has 0 radical (unpaired) electrons. The van der Waals surface area contributed by atoms with Crippen LogP contribution in [0.2, 0.25) is 5.02 Å². The molecule has 0 spiro atoms. The zero-order valence-electron chi connectivity index (χ0n) is 10.6. The molecule has 2 nitrogen and oxygen atoms in total. The maximum atomic E-state index is 14.0. The first-order chi connectivity index (χ1) is 9.92. The Morgan fingerprint density at radius 3 is 2.33 bits per heavy atom. The molecule has 0 aliphatic heterocycles. The Morgan fingerprint density at radius 2 is 1.76 bits per heavy atom. The minimum atomic E-state index is -0.877. The lowest BCUT2D eigenvalue weighted by molar-refractivity contribution is 0.471. The molecule has 1 unspecified atom stereocenters. The van der Waals surface area contributed by atoms with Gasteiger partial charge in [-0.3, -0.25) is 11.3 Å². The third-order valence-corrected chi connectivity index (χ3v) is 3.85. The van der Waals surface area contributed by atoms with Crippen molar-refractivity contribution in [2.45, 2.75) is 12.5 Å². The monoisotopic (exact) mass is 378 g/mol. The van der Waals surface area contributed by atoms with E-state index in [4.69, 9.17) is 17.4 Å². The first-order valence-corrected chi connectivity index (χ1v) is 7.14. The van der Waals surface area contributed by atoms with Crippen LogP contribution in [0.1, 0.15) is 17.2 Å². The van der Waals surface area contributed by atoms with Crippen molar-refractivity contribution in [1.29, 1.82) is 0 Å². The Morgan fingerprint density at radius 1 is 1.14 bits per heavy atom. The minimum absolute atomic E-state index is 0.0442. The molecule has 0 aliphatic rings. The van der Waals surface area contributed by atoms with Gasteiger partial charge in [0, 0.05) is 15.1 Å². The lowest BCUT2D eigenvalue weighted by Crippen LogP contribution is -2.31. The first-order valence-electron chi connectivity index (χ1n) is 5.97. The van der Waals surface area contributed by atoms with Crippen molar-refractivity contribution in [2.75, 3.05) is 0 Å². The summed E-state index contributed by atoms with van der Waals surface area (Å²) in [6, 6.07) is 5.19. The average Bonchev–Trinajstić information content (AvgIpc) is 2.40. The number of hydrazine groups is 1. The van der Waals surface area contributed by atoms with Crippen LogP contribution in [-0.2, 0) is 6.42 Å². The second-order valence-electron chi connectivity index (χ2n) is 4.44. The number of rotatable bonds is 4. The second kappa shape index (κ2) is 6.79. The van der Waals surface area contributed by atoms with Crippen molar-refractivity contribution in [3.63, 3.8) is 0 Å². The third-order valence-electron chi connectivity index (χ3n) is 3.03. The zero-order chi connectivity index (χ0) is 15.6. The number of halogens is 5. The summed E-state index contributed by atoms with van der Waals surface area (Å²) in [5, 5.41) is 0.301. The molecular weight excluding hydrogens is 369 g/mol. The van der Waals surface area contributed by atoms with Gasteiger partial charge in [-0.25, -0.2) is 13.2 Å². The summed E-state index contributed by atoms with van der Waals surface area (Å²) in [7, 11) is 0. The molecule has 0 saturated heterocycles. The number of hydrogen-bond donors (Lipinski definition) is 2. The van der Waals surface area contributed by atoms with Gasteiger partial charge in [0.15, 0.2) is 0 Å². The van der Waals surface area contributed by atoms with E-state index in [-0.39, 0.29) is 16.5 Å². The average molecular weight is 380 g/mol. The molecule has 112 valence electrons. The van der Waals surface area contributed by atoms with Gasteiger partial charge in [0.2, 0.25) is 0 Å². The summed E-state index contributed by atoms with van der Waals surface area (Å²) >= 11 is 8.96. The van der Waals surface area contributed by atoms with E-state index in [0.29, 0.717) is 10.6 Å². The van der Waals surface area contributed by atoms with Crippen molar-refractivity contribution in [3.05, 3.63) is 68.4 Å². The summed E-state index contributed by atoms with van der Waals surface area (Å²) < 4.78 is 41.4. The van der Waals surface area contributed by atoms with Crippen LogP contribution in [0.25, 0.3) is 0 Å². The van der Waals surface area contributed by atoms with Gasteiger partial charge in [0.1, 0.15) is 17.5 Å². The molecule has 0 amide bonds. The molecule has 0 heterocycles. The molecule has 3 N–H and O–H groups in total. The van der Waals surface area contributed by atoms with E-state index < -0.39 is 23.5 Å². The maximum Gasteiger partial charge on any atom is 0.132 e. The number of hydrogen-bond acceptors (Lipinski definition) is 2. The van der Waals surface area contributed by atoms with Crippen molar-refractivity contribution in [2.24, 2.45) is 5.84 Å². The van der Waals surface area contributed by atoms with Crippen molar-refractivity contribution < 1.29 is 13.2 Å². The molecule has 0 fully saturated rings. The number of benzene rings is 2. The normalized spacial score (nSPS) is 12.5. The quantitative estimate of drug-likeness (QED) is 0.615. The second-order valence-corrected chi connectivity index (χ2v) is 5.77. The van der Waals surface area contributed by atoms with Crippen LogP contribution in [0.15, 0.2) is 34.8 Å². The fourth-order valence-electron chi connectivity index (χ4n) is 2.05. The molecule has 1 atom stereocenters. The van der Waals surface area contributed by atoms with Crippen LogP contribution in [-0.4, -0.2) is 0 Å². The van der Waals surface area contributed by atoms with Crippen LogP contribution in [0, 0.1) is 17.5 Å². The van der Waals surface area contributed by atoms with Crippen molar-refractivity contribution in [3.8, 4) is 0 Å². The van der Waals surface area contributed by atoms with Gasteiger partial charge < -0.3 is 0 Å². The smallest absolute Gasteiger partial charge is 0.132 e. The number of nitrogens with one attached hydrogen (secondary N) is 1.